The molecule has 0 aliphatic carbocycles. The van der Waals surface area contributed by atoms with Gasteiger partial charge >= 0.3 is 5.69 Å². The molecule has 0 saturated heterocycles. The van der Waals surface area contributed by atoms with Gasteiger partial charge in [0.05, 0.1) is 17.6 Å². The fraction of sp³-hybridized carbons (Fsp3) is 0.167. The Balaban J connectivity index is 1.85. The predicted molar refractivity (Wildman–Crippen MR) is 97.5 cm³/mol. The Bertz CT molecular complexity index is 1060. The molecule has 0 fully saturated rings. The van der Waals surface area contributed by atoms with Crippen molar-refractivity contribution in [1.29, 1.82) is 0 Å². The van der Waals surface area contributed by atoms with E-state index in [2.05, 4.69) is 21.0 Å². The highest BCUT2D eigenvalue weighted by atomic mass is 79.9. The highest BCUT2D eigenvalue weighted by Gasteiger charge is 2.15. The van der Waals surface area contributed by atoms with Gasteiger partial charge in [-0.15, -0.1) is 0 Å². The molecule has 0 N–H and O–H groups in total. The lowest BCUT2D eigenvalue weighted by atomic mass is 10.2. The normalized spacial score (nSPS) is 10.9. The van der Waals surface area contributed by atoms with E-state index in [1.165, 1.54) is 18.2 Å². The van der Waals surface area contributed by atoms with E-state index in [1.54, 1.807) is 0 Å². The molecule has 0 spiro atoms. The van der Waals surface area contributed by atoms with E-state index < -0.39 is 23.1 Å². The third-order valence-electron chi connectivity index (χ3n) is 3.82. The highest BCUT2D eigenvalue weighted by molar-refractivity contribution is 9.09. The minimum atomic E-state index is -0.790. The monoisotopic (exact) mass is 455 g/mol. The van der Waals surface area contributed by atoms with Gasteiger partial charge in [-0.1, -0.05) is 22.0 Å². The molecule has 0 aliphatic rings. The van der Waals surface area contributed by atoms with Crippen LogP contribution in [-0.2, 0) is 11.3 Å². The van der Waals surface area contributed by atoms with Crippen LogP contribution in [-0.4, -0.2) is 32.1 Å². The molecule has 0 bridgehead atoms. The SMILES string of the molecule is O=C(CBr)COc1ccc(-n2ncn(Cc3c(F)cccc3F)c2=O)cc1F. The summed E-state index contributed by atoms with van der Waals surface area (Å²) < 4.78 is 48.7. The molecule has 1 heterocycles. The lowest BCUT2D eigenvalue weighted by Gasteiger charge is -2.07. The lowest BCUT2D eigenvalue weighted by Crippen LogP contribution is -2.24. The second-order valence-corrected chi connectivity index (χ2v) is 6.29. The smallest absolute Gasteiger partial charge is 0.350 e. The number of rotatable bonds is 7. The largest absolute Gasteiger partial charge is 0.483 e. The van der Waals surface area contributed by atoms with Crippen molar-refractivity contribution in [3.05, 3.63) is 76.2 Å². The first-order valence-corrected chi connectivity index (χ1v) is 9.10. The fourth-order valence-corrected chi connectivity index (χ4v) is 2.57. The molecule has 0 aliphatic heterocycles. The average Bonchev–Trinajstić information content (AvgIpc) is 3.04. The predicted octanol–water partition coefficient (Wildman–Crippen LogP) is 2.84. The average molecular weight is 456 g/mol. The van der Waals surface area contributed by atoms with Crippen LogP contribution in [0.2, 0.25) is 0 Å². The second kappa shape index (κ2) is 8.42. The molecule has 0 atom stereocenters. The molecule has 0 unspecified atom stereocenters. The molecule has 0 amide bonds. The number of benzene rings is 2. The van der Waals surface area contributed by atoms with Crippen molar-refractivity contribution in [2.24, 2.45) is 0 Å². The first kappa shape index (κ1) is 19.9. The van der Waals surface area contributed by atoms with Crippen molar-refractivity contribution in [2.75, 3.05) is 11.9 Å². The second-order valence-electron chi connectivity index (χ2n) is 5.73. The summed E-state index contributed by atoms with van der Waals surface area (Å²) in [7, 11) is 0. The van der Waals surface area contributed by atoms with Crippen LogP contribution >= 0.6 is 15.9 Å². The van der Waals surface area contributed by atoms with E-state index in [4.69, 9.17) is 4.74 Å². The number of nitrogens with zero attached hydrogens (tertiary/aromatic N) is 3. The van der Waals surface area contributed by atoms with Gasteiger partial charge in [0.15, 0.2) is 17.3 Å². The molecule has 28 heavy (non-hydrogen) atoms. The Morgan fingerprint density at radius 1 is 1.11 bits per heavy atom. The standard InChI is InChI=1S/C18H13BrF3N3O3/c19-7-12(26)9-28-17-5-4-11(6-16(17)22)25-18(27)24(10-23-25)8-13-14(20)2-1-3-15(13)21/h1-6,10H,7-9H2. The number of hydrogen-bond donors (Lipinski definition) is 0. The number of ether oxygens (including phenoxy) is 1. The Morgan fingerprint density at radius 2 is 1.82 bits per heavy atom. The first-order valence-electron chi connectivity index (χ1n) is 7.98. The number of aromatic nitrogens is 3. The summed E-state index contributed by atoms with van der Waals surface area (Å²) in [5.41, 5.74) is -0.893. The van der Waals surface area contributed by atoms with Gasteiger partial charge in [-0.3, -0.25) is 9.36 Å². The molecule has 6 nitrogen and oxygen atoms in total. The molecule has 0 saturated carbocycles. The van der Waals surface area contributed by atoms with Crippen LogP contribution in [0.3, 0.4) is 0 Å². The summed E-state index contributed by atoms with van der Waals surface area (Å²) in [5, 5.41) is 3.94. The van der Waals surface area contributed by atoms with Crippen molar-refractivity contribution in [2.45, 2.75) is 6.54 Å². The minimum absolute atomic E-state index is 0.0855. The quantitative estimate of drug-likeness (QED) is 0.513. The maximum Gasteiger partial charge on any atom is 0.350 e. The zero-order chi connectivity index (χ0) is 20.3. The van der Waals surface area contributed by atoms with Crippen molar-refractivity contribution in [1.82, 2.24) is 14.3 Å². The van der Waals surface area contributed by atoms with Crippen LogP contribution < -0.4 is 10.4 Å². The molecule has 0 radical (unpaired) electrons. The number of carbonyl (C=O) groups is 1. The van der Waals surface area contributed by atoms with E-state index in [-0.39, 0.29) is 41.3 Å². The van der Waals surface area contributed by atoms with E-state index in [0.717, 1.165) is 33.8 Å². The summed E-state index contributed by atoms with van der Waals surface area (Å²) in [6.45, 7) is -0.667. The zero-order valence-corrected chi connectivity index (χ0v) is 15.8. The van der Waals surface area contributed by atoms with E-state index in [9.17, 15) is 22.8 Å². The van der Waals surface area contributed by atoms with Crippen LogP contribution in [0.15, 0.2) is 47.5 Å². The van der Waals surface area contributed by atoms with Crippen molar-refractivity contribution in [3.63, 3.8) is 0 Å². The summed E-state index contributed by atoms with van der Waals surface area (Å²) in [6, 6.07) is 7.03. The number of Topliss-reactive ketones (excluding diaryl/α,β-unsaturated/α-hetero) is 1. The molecule has 1 aromatic heterocycles. The number of carbonyl (C=O) groups excluding carboxylic acids is 1. The summed E-state index contributed by atoms with van der Waals surface area (Å²) in [5.74, 6) is -2.78. The van der Waals surface area contributed by atoms with Crippen LogP contribution in [0.25, 0.3) is 5.69 Å². The van der Waals surface area contributed by atoms with Gasteiger partial charge in [0.25, 0.3) is 0 Å². The Kier molecular flexibility index (Phi) is 5.98. The van der Waals surface area contributed by atoms with Gasteiger partial charge in [-0.2, -0.15) is 9.78 Å². The van der Waals surface area contributed by atoms with Gasteiger partial charge in [0.2, 0.25) is 0 Å². The molecule has 146 valence electrons. The van der Waals surface area contributed by atoms with Gasteiger partial charge < -0.3 is 4.74 Å². The molecule has 10 heteroatoms. The van der Waals surface area contributed by atoms with E-state index >= 15 is 0 Å². The van der Waals surface area contributed by atoms with Gasteiger partial charge in [-0.05, 0) is 24.3 Å². The zero-order valence-electron chi connectivity index (χ0n) is 14.2. The van der Waals surface area contributed by atoms with Crippen molar-refractivity contribution >= 4 is 21.7 Å². The third kappa shape index (κ3) is 4.16. The van der Waals surface area contributed by atoms with Crippen LogP contribution in [0.5, 0.6) is 5.75 Å². The lowest BCUT2D eigenvalue weighted by molar-refractivity contribution is -0.118. The minimum Gasteiger partial charge on any atom is -0.483 e. The summed E-state index contributed by atoms with van der Waals surface area (Å²) in [4.78, 5) is 23.7. The van der Waals surface area contributed by atoms with Gasteiger partial charge in [-0.25, -0.2) is 18.0 Å². The maximum atomic E-state index is 14.2. The number of ketones is 1. The van der Waals surface area contributed by atoms with Crippen molar-refractivity contribution in [3.8, 4) is 11.4 Å². The maximum absolute atomic E-state index is 14.2. The topological polar surface area (TPSA) is 66.1 Å². The third-order valence-corrected chi connectivity index (χ3v) is 4.45. The number of alkyl halides is 1. The van der Waals surface area contributed by atoms with Crippen LogP contribution in [0.1, 0.15) is 5.56 Å². The summed E-state index contributed by atoms with van der Waals surface area (Å²) in [6.07, 6.45) is 1.10. The Labute approximate surface area is 165 Å². The van der Waals surface area contributed by atoms with Gasteiger partial charge in [0.1, 0.15) is 24.6 Å². The Hall–Kier alpha value is -2.88. The fourth-order valence-electron chi connectivity index (χ4n) is 2.41. The molecule has 2 aromatic carbocycles. The van der Waals surface area contributed by atoms with Crippen LogP contribution in [0.4, 0.5) is 13.2 Å². The van der Waals surface area contributed by atoms with Crippen LogP contribution in [0, 0.1) is 17.5 Å². The highest BCUT2D eigenvalue weighted by Crippen LogP contribution is 2.20. The number of hydrogen-bond acceptors (Lipinski definition) is 4. The molecule has 3 aromatic rings. The van der Waals surface area contributed by atoms with Gasteiger partial charge in [0, 0.05) is 11.6 Å². The van der Waals surface area contributed by atoms with E-state index in [1.807, 2.05) is 0 Å². The molecular weight excluding hydrogens is 443 g/mol. The number of halogens is 4. The van der Waals surface area contributed by atoms with E-state index in [0.29, 0.717) is 0 Å². The van der Waals surface area contributed by atoms with Crippen molar-refractivity contribution < 1.29 is 22.7 Å². The Morgan fingerprint density at radius 3 is 2.46 bits per heavy atom. The summed E-state index contributed by atoms with van der Waals surface area (Å²) >= 11 is 2.97. The first-order chi connectivity index (χ1) is 13.4. The molecule has 3 rings (SSSR count). The molecular formula is C18H13BrF3N3O3.